The largest absolute Gasteiger partial charge is 0.508 e. The molecule has 1 heterocycles. The van der Waals surface area contributed by atoms with E-state index < -0.39 is 28.8 Å². The molecule has 0 saturated carbocycles. The summed E-state index contributed by atoms with van der Waals surface area (Å²) in [7, 11) is 1.29. The number of phenols is 1. The van der Waals surface area contributed by atoms with Crippen molar-refractivity contribution in [3.63, 3.8) is 0 Å². The van der Waals surface area contributed by atoms with Crippen LogP contribution in [-0.2, 0) is 12.6 Å². The molecule has 130 valence electrons. The number of hydrogen-bond donors (Lipinski definition) is 2. The van der Waals surface area contributed by atoms with Crippen LogP contribution in [-0.4, -0.2) is 21.0 Å². The molecular weight excluding hydrogens is 347 g/mol. The lowest BCUT2D eigenvalue weighted by Gasteiger charge is -2.37. The van der Waals surface area contributed by atoms with Crippen LogP contribution < -0.4 is 5.56 Å². The van der Waals surface area contributed by atoms with Crippen LogP contribution in [0.1, 0.15) is 24.0 Å². The Morgan fingerprint density at radius 2 is 1.83 bits per heavy atom. The van der Waals surface area contributed by atoms with Crippen LogP contribution in [0.4, 0.5) is 13.2 Å². The van der Waals surface area contributed by atoms with Gasteiger partial charge in [0.05, 0.1) is 0 Å². The molecule has 2 unspecified atom stereocenters. The Hall–Kier alpha value is -1.99. The second kappa shape index (κ2) is 6.14. The molecule has 2 atom stereocenters. The van der Waals surface area contributed by atoms with E-state index in [4.69, 9.17) is 11.6 Å². The molecular formula is C16H15ClF3NO3. The number of benzene rings is 1. The van der Waals surface area contributed by atoms with Gasteiger partial charge in [0.1, 0.15) is 5.75 Å². The standard InChI is InChI=1S/C16H15ClF3NO3/c1-9(12-7-11(22)4-5-13(12)17)15(24,16(18,19)20)10-3-6-14(23)21(2)8-10/h3-9,22,24H,1-2H3. The summed E-state index contributed by atoms with van der Waals surface area (Å²) in [5.74, 6) is -1.80. The van der Waals surface area contributed by atoms with Crippen molar-refractivity contribution in [2.75, 3.05) is 0 Å². The molecule has 0 spiro atoms. The zero-order valence-corrected chi connectivity index (χ0v) is 13.6. The molecule has 0 fully saturated rings. The Morgan fingerprint density at radius 3 is 2.38 bits per heavy atom. The van der Waals surface area contributed by atoms with Gasteiger partial charge in [0.2, 0.25) is 5.56 Å². The number of halogens is 4. The van der Waals surface area contributed by atoms with Crippen molar-refractivity contribution in [3.8, 4) is 5.75 Å². The van der Waals surface area contributed by atoms with Crippen LogP contribution in [0.5, 0.6) is 5.75 Å². The first kappa shape index (κ1) is 18.4. The highest BCUT2D eigenvalue weighted by Gasteiger charge is 2.59. The predicted molar refractivity (Wildman–Crippen MR) is 83.2 cm³/mol. The predicted octanol–water partition coefficient (Wildman–Crippen LogP) is 3.30. The summed E-state index contributed by atoms with van der Waals surface area (Å²) in [4.78, 5) is 11.4. The van der Waals surface area contributed by atoms with Gasteiger partial charge in [-0.15, -0.1) is 0 Å². The van der Waals surface area contributed by atoms with Gasteiger partial charge >= 0.3 is 6.18 Å². The number of aryl methyl sites for hydroxylation is 1. The van der Waals surface area contributed by atoms with E-state index in [1.54, 1.807) is 0 Å². The molecule has 8 heteroatoms. The summed E-state index contributed by atoms with van der Waals surface area (Å²) in [6, 6.07) is 5.44. The minimum absolute atomic E-state index is 0.0206. The van der Waals surface area contributed by atoms with E-state index >= 15 is 0 Å². The number of alkyl halides is 3. The van der Waals surface area contributed by atoms with Gasteiger partial charge in [0, 0.05) is 35.8 Å². The van der Waals surface area contributed by atoms with Crippen LogP contribution >= 0.6 is 11.6 Å². The highest BCUT2D eigenvalue weighted by Crippen LogP contribution is 2.49. The maximum Gasteiger partial charge on any atom is 0.422 e. The van der Waals surface area contributed by atoms with Gasteiger partial charge in [-0.3, -0.25) is 4.79 Å². The molecule has 24 heavy (non-hydrogen) atoms. The fraction of sp³-hybridized carbons (Fsp3) is 0.312. The van der Waals surface area contributed by atoms with E-state index in [0.29, 0.717) is 0 Å². The van der Waals surface area contributed by atoms with Crippen LogP contribution in [0.15, 0.2) is 41.3 Å². The van der Waals surface area contributed by atoms with Crippen LogP contribution in [0, 0.1) is 0 Å². The molecule has 1 aromatic carbocycles. The summed E-state index contributed by atoms with van der Waals surface area (Å²) >= 11 is 5.95. The molecule has 2 aromatic rings. The first-order chi connectivity index (χ1) is 11.0. The molecule has 0 bridgehead atoms. The molecule has 0 aliphatic rings. The summed E-state index contributed by atoms with van der Waals surface area (Å²) in [6.07, 6.45) is -4.11. The number of hydrogen-bond acceptors (Lipinski definition) is 3. The van der Waals surface area contributed by atoms with Crippen molar-refractivity contribution in [1.29, 1.82) is 0 Å². The van der Waals surface area contributed by atoms with Crippen molar-refractivity contribution < 1.29 is 23.4 Å². The third kappa shape index (κ3) is 3.01. The van der Waals surface area contributed by atoms with E-state index in [0.717, 1.165) is 35.9 Å². The van der Waals surface area contributed by atoms with Crippen molar-refractivity contribution in [3.05, 3.63) is 63.0 Å². The van der Waals surface area contributed by atoms with Crippen molar-refractivity contribution >= 4 is 11.6 Å². The second-order valence-electron chi connectivity index (χ2n) is 5.56. The van der Waals surface area contributed by atoms with Gasteiger partial charge in [-0.05, 0) is 29.8 Å². The molecule has 0 radical (unpaired) electrons. The molecule has 0 amide bonds. The average molecular weight is 362 g/mol. The molecule has 2 N–H and O–H groups in total. The Kier molecular flexibility index (Phi) is 4.70. The Balaban J connectivity index is 2.70. The van der Waals surface area contributed by atoms with Crippen LogP contribution in [0.3, 0.4) is 0 Å². The average Bonchev–Trinajstić information content (AvgIpc) is 2.49. The molecule has 1 aromatic heterocycles. The summed E-state index contributed by atoms with van der Waals surface area (Å²) in [6.45, 7) is 1.15. The Labute approximate surface area is 140 Å². The van der Waals surface area contributed by atoms with Crippen LogP contribution in [0.2, 0.25) is 5.02 Å². The van der Waals surface area contributed by atoms with E-state index in [2.05, 4.69) is 0 Å². The number of aromatic hydroxyl groups is 1. The van der Waals surface area contributed by atoms with Gasteiger partial charge < -0.3 is 14.8 Å². The summed E-state index contributed by atoms with van der Waals surface area (Å²) in [5, 5.41) is 20.1. The molecule has 2 rings (SSSR count). The van der Waals surface area contributed by atoms with Gasteiger partial charge in [0.25, 0.3) is 0 Å². The second-order valence-corrected chi connectivity index (χ2v) is 5.97. The van der Waals surface area contributed by atoms with E-state index in [1.807, 2.05) is 0 Å². The smallest absolute Gasteiger partial charge is 0.422 e. The lowest BCUT2D eigenvalue weighted by molar-refractivity contribution is -0.274. The van der Waals surface area contributed by atoms with Gasteiger partial charge in [-0.2, -0.15) is 13.2 Å². The monoisotopic (exact) mass is 361 g/mol. The van der Waals surface area contributed by atoms with E-state index in [9.17, 15) is 28.2 Å². The highest BCUT2D eigenvalue weighted by molar-refractivity contribution is 6.31. The minimum Gasteiger partial charge on any atom is -0.508 e. The van der Waals surface area contributed by atoms with Crippen LogP contribution in [0.25, 0.3) is 0 Å². The number of aromatic nitrogens is 1. The number of rotatable bonds is 3. The zero-order chi connectivity index (χ0) is 18.3. The number of nitrogens with zero attached hydrogens (tertiary/aromatic N) is 1. The maximum absolute atomic E-state index is 13.7. The van der Waals surface area contributed by atoms with Gasteiger partial charge in [-0.1, -0.05) is 18.5 Å². The first-order valence-electron chi connectivity index (χ1n) is 6.93. The molecule has 0 aliphatic carbocycles. The number of pyridine rings is 1. The highest BCUT2D eigenvalue weighted by atomic mass is 35.5. The molecule has 0 saturated heterocycles. The van der Waals surface area contributed by atoms with Crippen molar-refractivity contribution in [2.45, 2.75) is 24.6 Å². The maximum atomic E-state index is 13.7. The quantitative estimate of drug-likeness (QED) is 0.881. The zero-order valence-electron chi connectivity index (χ0n) is 12.8. The topological polar surface area (TPSA) is 62.5 Å². The van der Waals surface area contributed by atoms with E-state index in [-0.39, 0.29) is 16.3 Å². The summed E-state index contributed by atoms with van der Waals surface area (Å²) in [5.41, 5.74) is -4.36. The van der Waals surface area contributed by atoms with Gasteiger partial charge in [0.15, 0.2) is 5.60 Å². The van der Waals surface area contributed by atoms with Crippen molar-refractivity contribution in [1.82, 2.24) is 4.57 Å². The third-order valence-corrected chi connectivity index (χ3v) is 4.38. The lowest BCUT2D eigenvalue weighted by atomic mass is 9.78. The Bertz CT molecular complexity index is 819. The number of aliphatic hydroxyl groups is 1. The fourth-order valence-electron chi connectivity index (χ4n) is 2.57. The van der Waals surface area contributed by atoms with Gasteiger partial charge in [-0.25, -0.2) is 0 Å². The number of phenolic OH excluding ortho intramolecular Hbond substituents is 1. The fourth-order valence-corrected chi connectivity index (χ4v) is 2.85. The first-order valence-corrected chi connectivity index (χ1v) is 7.31. The third-order valence-electron chi connectivity index (χ3n) is 4.03. The lowest BCUT2D eigenvalue weighted by Crippen LogP contribution is -2.47. The molecule has 4 nitrogen and oxygen atoms in total. The SMILES string of the molecule is CC(c1cc(O)ccc1Cl)C(O)(c1ccc(=O)n(C)c1)C(F)(F)F. The van der Waals surface area contributed by atoms with Crippen molar-refractivity contribution in [2.24, 2.45) is 7.05 Å². The Morgan fingerprint density at radius 1 is 1.21 bits per heavy atom. The normalized spacial score (nSPS) is 15.8. The summed E-state index contributed by atoms with van der Waals surface area (Å²) < 4.78 is 42.2. The molecule has 0 aliphatic heterocycles. The van der Waals surface area contributed by atoms with E-state index in [1.165, 1.54) is 19.2 Å². The minimum atomic E-state index is -5.04.